The molecule has 1 amide bonds. The largest absolute Gasteiger partial charge is 0.379 e. The van der Waals surface area contributed by atoms with Crippen molar-refractivity contribution >= 4 is 16.8 Å². The number of carbonyl (C=O) groups excluding carboxylic acids is 1. The normalized spacial score (nSPS) is 16.9. The maximum Gasteiger partial charge on any atom is 0.266 e. The van der Waals surface area contributed by atoms with E-state index in [1.807, 2.05) is 41.3 Å². The van der Waals surface area contributed by atoms with Crippen LogP contribution in [0.15, 0.2) is 53.3 Å². The van der Waals surface area contributed by atoms with E-state index in [0.29, 0.717) is 41.1 Å². The molecule has 2 aliphatic rings. The Labute approximate surface area is 174 Å². The van der Waals surface area contributed by atoms with Gasteiger partial charge in [-0.1, -0.05) is 24.3 Å². The Morgan fingerprint density at radius 3 is 2.57 bits per heavy atom. The molecule has 2 aliphatic heterocycles. The molecule has 3 heterocycles. The molecule has 0 unspecified atom stereocenters. The number of hydrogen-bond donors (Lipinski definition) is 0. The van der Waals surface area contributed by atoms with E-state index >= 15 is 0 Å². The van der Waals surface area contributed by atoms with Gasteiger partial charge in [-0.25, -0.2) is 4.98 Å². The number of para-hydroxylation sites is 2. The lowest BCUT2D eigenvalue weighted by molar-refractivity contribution is 0.0355. The molecular formula is C23H24N4O3. The van der Waals surface area contributed by atoms with E-state index in [4.69, 9.17) is 9.72 Å². The van der Waals surface area contributed by atoms with Crippen LogP contribution in [0.25, 0.3) is 16.6 Å². The average Bonchev–Trinajstić information content (AvgIpc) is 2.90. The van der Waals surface area contributed by atoms with E-state index in [2.05, 4.69) is 4.90 Å². The summed E-state index contributed by atoms with van der Waals surface area (Å²) in [7, 11) is 0. The fourth-order valence-corrected chi connectivity index (χ4v) is 4.29. The van der Waals surface area contributed by atoms with Crippen LogP contribution in [0, 0.1) is 0 Å². The third-order valence-electron chi connectivity index (χ3n) is 5.85. The maximum atomic E-state index is 13.3. The van der Waals surface area contributed by atoms with Crippen LogP contribution >= 0.6 is 0 Å². The van der Waals surface area contributed by atoms with Crippen molar-refractivity contribution < 1.29 is 9.53 Å². The summed E-state index contributed by atoms with van der Waals surface area (Å²) >= 11 is 0. The van der Waals surface area contributed by atoms with Crippen molar-refractivity contribution in [1.29, 1.82) is 0 Å². The Morgan fingerprint density at radius 1 is 0.933 bits per heavy atom. The molecule has 1 saturated heterocycles. The van der Waals surface area contributed by atoms with Crippen LogP contribution in [-0.4, -0.2) is 64.7 Å². The molecule has 0 atom stereocenters. The third kappa shape index (κ3) is 3.40. The molecule has 0 aliphatic carbocycles. The predicted molar refractivity (Wildman–Crippen MR) is 114 cm³/mol. The van der Waals surface area contributed by atoms with Gasteiger partial charge in [0.05, 0.1) is 41.9 Å². The molecular weight excluding hydrogens is 380 g/mol. The van der Waals surface area contributed by atoms with Crippen LogP contribution < -0.4 is 5.56 Å². The molecule has 1 fully saturated rings. The van der Waals surface area contributed by atoms with Gasteiger partial charge in [-0.3, -0.25) is 19.1 Å². The van der Waals surface area contributed by atoms with Gasteiger partial charge in [-0.05, 0) is 30.7 Å². The minimum absolute atomic E-state index is 0.0541. The summed E-state index contributed by atoms with van der Waals surface area (Å²) in [6, 6.07) is 14.7. The Kier molecular flexibility index (Phi) is 5.06. The number of carbonyl (C=O) groups is 1. The van der Waals surface area contributed by atoms with Gasteiger partial charge in [0.1, 0.15) is 5.82 Å². The summed E-state index contributed by atoms with van der Waals surface area (Å²) in [6.45, 7) is 5.26. The van der Waals surface area contributed by atoms with Crippen LogP contribution in [0.5, 0.6) is 0 Å². The third-order valence-corrected chi connectivity index (χ3v) is 5.85. The van der Waals surface area contributed by atoms with Gasteiger partial charge in [0.25, 0.3) is 11.5 Å². The van der Waals surface area contributed by atoms with Crippen LogP contribution in [0.2, 0.25) is 0 Å². The number of rotatable bonds is 4. The van der Waals surface area contributed by atoms with Crippen molar-refractivity contribution in [3.8, 4) is 5.69 Å². The quantitative estimate of drug-likeness (QED) is 0.666. The number of morpholine rings is 1. The molecule has 5 rings (SSSR count). The monoisotopic (exact) mass is 404 g/mol. The molecule has 154 valence electrons. The summed E-state index contributed by atoms with van der Waals surface area (Å²) in [5.41, 5.74) is 1.68. The number of fused-ring (bicyclic) bond motifs is 4. The van der Waals surface area contributed by atoms with Gasteiger partial charge >= 0.3 is 0 Å². The van der Waals surface area contributed by atoms with Gasteiger partial charge in [0.15, 0.2) is 0 Å². The fraction of sp³-hybridized carbons (Fsp3) is 0.348. The Balaban J connectivity index is 1.51. The molecule has 7 nitrogen and oxygen atoms in total. The first kappa shape index (κ1) is 19.0. The lowest BCUT2D eigenvalue weighted by atomic mass is 10.1. The lowest BCUT2D eigenvalue weighted by Gasteiger charge is -2.28. The molecule has 3 aromatic rings. The van der Waals surface area contributed by atoms with Crippen LogP contribution in [-0.2, 0) is 11.3 Å². The van der Waals surface area contributed by atoms with E-state index in [1.165, 1.54) is 0 Å². The minimum atomic E-state index is -0.133. The van der Waals surface area contributed by atoms with E-state index < -0.39 is 0 Å². The predicted octanol–water partition coefficient (Wildman–Crippen LogP) is 2.06. The second-order valence-corrected chi connectivity index (χ2v) is 7.74. The van der Waals surface area contributed by atoms with Gasteiger partial charge in [-0.2, -0.15) is 0 Å². The topological polar surface area (TPSA) is 67.7 Å². The maximum absolute atomic E-state index is 13.3. The second-order valence-electron chi connectivity index (χ2n) is 7.74. The van der Waals surface area contributed by atoms with Gasteiger partial charge in [0.2, 0.25) is 0 Å². The average molecular weight is 404 g/mol. The number of nitrogens with zero attached hydrogens (tertiary/aromatic N) is 4. The molecule has 0 saturated carbocycles. The zero-order valence-electron chi connectivity index (χ0n) is 16.8. The van der Waals surface area contributed by atoms with Crippen molar-refractivity contribution in [2.75, 3.05) is 39.4 Å². The van der Waals surface area contributed by atoms with Gasteiger partial charge in [-0.15, -0.1) is 0 Å². The summed E-state index contributed by atoms with van der Waals surface area (Å²) < 4.78 is 7.02. The van der Waals surface area contributed by atoms with Gasteiger partial charge < -0.3 is 9.64 Å². The van der Waals surface area contributed by atoms with Crippen molar-refractivity contribution in [3.63, 3.8) is 0 Å². The van der Waals surface area contributed by atoms with Crippen molar-refractivity contribution in [2.24, 2.45) is 0 Å². The molecule has 30 heavy (non-hydrogen) atoms. The van der Waals surface area contributed by atoms with Crippen molar-refractivity contribution in [3.05, 3.63) is 70.3 Å². The Bertz CT molecular complexity index is 1150. The molecule has 0 spiro atoms. The number of aromatic nitrogens is 2. The summed E-state index contributed by atoms with van der Waals surface area (Å²) in [5.74, 6) is 0.546. The zero-order chi connectivity index (χ0) is 20.5. The first-order valence-electron chi connectivity index (χ1n) is 10.4. The number of hydrogen-bond acceptors (Lipinski definition) is 5. The highest BCUT2D eigenvalue weighted by Crippen LogP contribution is 2.23. The molecule has 0 bridgehead atoms. The molecule has 0 radical (unpaired) electrons. The molecule has 1 aromatic heterocycles. The number of amides is 1. The fourth-order valence-electron chi connectivity index (χ4n) is 4.29. The zero-order valence-corrected chi connectivity index (χ0v) is 16.8. The van der Waals surface area contributed by atoms with E-state index in [0.717, 1.165) is 39.3 Å². The number of ether oxygens (including phenoxy) is 1. The first-order valence-corrected chi connectivity index (χ1v) is 10.4. The van der Waals surface area contributed by atoms with Crippen molar-refractivity contribution in [1.82, 2.24) is 19.4 Å². The lowest BCUT2D eigenvalue weighted by Crippen LogP contribution is -2.39. The molecule has 7 heteroatoms. The first-order chi connectivity index (χ1) is 14.7. The Morgan fingerprint density at radius 2 is 1.70 bits per heavy atom. The van der Waals surface area contributed by atoms with Crippen LogP contribution in [0.3, 0.4) is 0 Å². The second kappa shape index (κ2) is 8.01. The summed E-state index contributed by atoms with van der Waals surface area (Å²) in [6.07, 6.45) is 0.867. The summed E-state index contributed by atoms with van der Waals surface area (Å²) in [5, 5.41) is 0.560. The van der Waals surface area contributed by atoms with Gasteiger partial charge in [0, 0.05) is 26.2 Å². The molecule has 2 aromatic carbocycles. The van der Waals surface area contributed by atoms with Crippen molar-refractivity contribution in [2.45, 2.75) is 13.0 Å². The number of benzene rings is 2. The highest BCUT2D eigenvalue weighted by molar-refractivity contribution is 5.98. The summed E-state index contributed by atoms with van der Waals surface area (Å²) in [4.78, 5) is 35.6. The van der Waals surface area contributed by atoms with Crippen LogP contribution in [0.1, 0.15) is 22.6 Å². The smallest absolute Gasteiger partial charge is 0.266 e. The minimum Gasteiger partial charge on any atom is -0.379 e. The van der Waals surface area contributed by atoms with E-state index in [9.17, 15) is 9.59 Å². The Hall–Kier alpha value is -3.03. The SMILES string of the molecule is O=C1c2ccccc2-n2c(nc3ccccc3c2=O)CN1CCCN1CCOCC1. The molecule has 0 N–H and O–H groups in total. The van der Waals surface area contributed by atoms with E-state index in [-0.39, 0.29) is 11.5 Å². The standard InChI is InChI=1S/C23H24N4O3/c28-22-18-7-2-4-9-20(18)27-21(24-19-8-3-1-6-17(19)23(27)29)16-26(22)11-5-10-25-12-14-30-15-13-25/h1-4,6-9H,5,10-16H2. The van der Waals surface area contributed by atoms with Crippen LogP contribution in [0.4, 0.5) is 0 Å². The highest BCUT2D eigenvalue weighted by atomic mass is 16.5. The van der Waals surface area contributed by atoms with E-state index in [1.54, 1.807) is 16.7 Å². The highest BCUT2D eigenvalue weighted by Gasteiger charge is 2.27.